The molecule has 3 aromatic rings. The normalized spacial score (nSPS) is 37.8. The van der Waals surface area contributed by atoms with Crippen LogP contribution < -0.4 is 10.2 Å². The zero-order valence-electron chi connectivity index (χ0n) is 27.1. The molecule has 53 heavy (non-hydrogen) atoms. The molecule has 3 aliphatic rings. The molecule has 3 saturated heterocycles. The van der Waals surface area contributed by atoms with Gasteiger partial charge in [-0.3, -0.25) is 4.79 Å². The van der Waals surface area contributed by atoms with Crippen molar-refractivity contribution in [2.45, 2.75) is 92.3 Å². The molecule has 3 aliphatic heterocycles. The van der Waals surface area contributed by atoms with Gasteiger partial charge in [0.15, 0.2) is 30.9 Å². The quantitative estimate of drug-likeness (QED) is 0.0975. The summed E-state index contributed by atoms with van der Waals surface area (Å²) in [7, 11) is 0. The molecule has 292 valence electrons. The molecule has 0 aliphatic carbocycles. The Morgan fingerprint density at radius 3 is 1.85 bits per heavy atom. The molecule has 0 spiro atoms. The maximum absolute atomic E-state index is 13.8. The van der Waals surface area contributed by atoms with Crippen LogP contribution in [-0.2, 0) is 23.7 Å². The first-order valence-electron chi connectivity index (χ1n) is 16.1. The largest absolute Gasteiger partial charge is 0.508 e. The Morgan fingerprint density at radius 2 is 1.21 bits per heavy atom. The average Bonchev–Trinajstić information content (AvgIpc) is 3.12. The Hall–Kier alpha value is -3.75. The lowest BCUT2D eigenvalue weighted by molar-refractivity contribution is -0.372. The minimum absolute atomic E-state index is 0.146. The molecule has 3 fully saturated rings. The number of aliphatic hydroxyl groups excluding tert-OH is 10. The van der Waals surface area contributed by atoms with Crippen LogP contribution in [0.1, 0.15) is 0 Å². The lowest BCUT2D eigenvalue weighted by atomic mass is 9.94. The summed E-state index contributed by atoms with van der Waals surface area (Å²) in [5.74, 6) is -2.11. The van der Waals surface area contributed by atoms with Gasteiger partial charge in [0, 0.05) is 17.7 Å². The van der Waals surface area contributed by atoms with Gasteiger partial charge in [0.1, 0.15) is 102 Å². The number of benzene rings is 2. The smallest absolute Gasteiger partial charge is 0.239 e. The molecule has 0 amide bonds. The van der Waals surface area contributed by atoms with Crippen LogP contribution in [0.4, 0.5) is 0 Å². The Kier molecular flexibility index (Phi) is 11.4. The third-order valence-electron chi connectivity index (χ3n) is 9.03. The number of ether oxygens (including phenoxy) is 6. The predicted molar refractivity (Wildman–Crippen MR) is 168 cm³/mol. The zero-order chi connectivity index (χ0) is 38.5. The maximum Gasteiger partial charge on any atom is 0.239 e. The van der Waals surface area contributed by atoms with E-state index in [-0.39, 0.29) is 22.7 Å². The highest BCUT2D eigenvalue weighted by atomic mass is 16.8. The van der Waals surface area contributed by atoms with E-state index < -0.39 is 134 Å². The summed E-state index contributed by atoms with van der Waals surface area (Å²) in [4.78, 5) is 13.8. The Balaban J connectivity index is 1.32. The number of phenolic OH excluding ortho intramolecular Hbond substituents is 3. The van der Waals surface area contributed by atoms with Crippen LogP contribution in [0, 0.1) is 0 Å². The fourth-order valence-electron chi connectivity index (χ4n) is 6.08. The molecule has 6 rings (SSSR count). The van der Waals surface area contributed by atoms with Crippen LogP contribution in [0.2, 0.25) is 0 Å². The van der Waals surface area contributed by atoms with E-state index in [1.165, 1.54) is 24.3 Å². The van der Waals surface area contributed by atoms with Gasteiger partial charge in [-0.25, -0.2) is 0 Å². The van der Waals surface area contributed by atoms with Crippen molar-refractivity contribution in [1.29, 1.82) is 0 Å². The molecule has 15 atom stereocenters. The minimum Gasteiger partial charge on any atom is -0.508 e. The third-order valence-corrected chi connectivity index (χ3v) is 9.03. The molecule has 13 N–H and O–H groups in total. The highest BCUT2D eigenvalue weighted by Crippen LogP contribution is 2.37. The lowest BCUT2D eigenvalue weighted by Gasteiger charge is -2.46. The number of aliphatic hydroxyl groups is 10. The lowest BCUT2D eigenvalue weighted by Crippen LogP contribution is -2.65. The van der Waals surface area contributed by atoms with Crippen molar-refractivity contribution in [2.75, 3.05) is 13.2 Å². The molecular formula is C32H38O21. The number of phenols is 3. The average molecular weight is 759 g/mol. The van der Waals surface area contributed by atoms with E-state index in [1.54, 1.807) is 0 Å². The van der Waals surface area contributed by atoms with Gasteiger partial charge in [0.05, 0.1) is 6.61 Å². The summed E-state index contributed by atoms with van der Waals surface area (Å²) >= 11 is 0. The van der Waals surface area contributed by atoms with Crippen molar-refractivity contribution in [3.63, 3.8) is 0 Å². The summed E-state index contributed by atoms with van der Waals surface area (Å²) in [6.45, 7) is -1.52. The molecule has 1 aromatic heterocycles. The van der Waals surface area contributed by atoms with E-state index in [9.17, 15) is 71.2 Å². The molecule has 0 saturated carbocycles. The van der Waals surface area contributed by atoms with E-state index in [4.69, 9.17) is 32.8 Å². The first kappa shape index (κ1) is 39.0. The van der Waals surface area contributed by atoms with Crippen molar-refractivity contribution >= 4 is 11.0 Å². The van der Waals surface area contributed by atoms with Gasteiger partial charge >= 0.3 is 0 Å². The van der Waals surface area contributed by atoms with Crippen LogP contribution in [-0.4, -0.2) is 172 Å². The molecule has 2 aromatic carbocycles. The number of hydrogen-bond acceptors (Lipinski definition) is 21. The first-order chi connectivity index (χ1) is 25.1. The van der Waals surface area contributed by atoms with Gasteiger partial charge in [-0.15, -0.1) is 0 Å². The van der Waals surface area contributed by atoms with E-state index in [1.807, 2.05) is 0 Å². The Bertz CT molecular complexity index is 1780. The standard InChI is InChI=1S/C32H38O21/c33-10-3-1-9(2-4-10)26-28(18(37)16-12(35)5-11(34)6-13(16)50-26)47-8-15-27(51-32-25(44)20(39)23(42)30(46)53-32)21(40)17(36)14(49-15)7-48-31-24(43)19(38)22(41)29(45)52-31/h1-6,14-15,17,19-25,27,29-36,38-46H,7-8H2/t14?,15-,17-,19-,20-,21-,22+,23+,24?,25?,27?,29?,30?,31+,32+/m0/s1. The fourth-order valence-corrected chi connectivity index (χ4v) is 6.08. The zero-order valence-corrected chi connectivity index (χ0v) is 27.1. The van der Waals surface area contributed by atoms with Crippen molar-refractivity contribution in [3.8, 4) is 34.3 Å². The number of fused-ring (bicyclic) bond motifs is 1. The monoisotopic (exact) mass is 758 g/mol. The van der Waals surface area contributed by atoms with Crippen molar-refractivity contribution < 1.29 is 99.2 Å². The Morgan fingerprint density at radius 1 is 0.604 bits per heavy atom. The number of hydrogen-bond donors (Lipinski definition) is 13. The highest BCUT2D eigenvalue weighted by molar-refractivity contribution is 5.88. The summed E-state index contributed by atoms with van der Waals surface area (Å²) in [5.41, 5.74) is -1.06. The van der Waals surface area contributed by atoms with Gasteiger partial charge in [-0.1, -0.05) is 0 Å². The molecule has 21 nitrogen and oxygen atoms in total. The summed E-state index contributed by atoms with van der Waals surface area (Å²) < 4.78 is 38.8. The van der Waals surface area contributed by atoms with Crippen molar-refractivity contribution in [3.05, 3.63) is 46.6 Å². The summed E-state index contributed by atoms with van der Waals surface area (Å²) in [6.07, 6.45) is -28.4. The van der Waals surface area contributed by atoms with Gasteiger partial charge in [-0.2, -0.15) is 0 Å². The van der Waals surface area contributed by atoms with E-state index in [2.05, 4.69) is 0 Å². The first-order valence-corrected chi connectivity index (χ1v) is 16.1. The van der Waals surface area contributed by atoms with E-state index >= 15 is 0 Å². The predicted octanol–water partition coefficient (Wildman–Crippen LogP) is -4.64. The second-order valence-corrected chi connectivity index (χ2v) is 12.6. The SMILES string of the molecule is O=c1c(OC[C@@H]2OC(CO[C@@H]3OC(O)[C@H](O)[C@H](O)C3O)[C@H](O)[C@H](O)C2O[C@@H]2OC(O)[C@H](O)[C@H](O)C2O)c(-c2ccc(O)cc2)oc2cc(O)cc(O)c12. The van der Waals surface area contributed by atoms with Gasteiger partial charge in [-0.05, 0) is 24.3 Å². The van der Waals surface area contributed by atoms with E-state index in [0.717, 1.165) is 12.1 Å². The van der Waals surface area contributed by atoms with E-state index in [0.29, 0.717) is 0 Å². The number of aromatic hydroxyl groups is 3. The van der Waals surface area contributed by atoms with Gasteiger partial charge in [0.2, 0.25) is 11.2 Å². The second-order valence-electron chi connectivity index (χ2n) is 12.6. The molecule has 0 radical (unpaired) electrons. The molecule has 0 bridgehead atoms. The van der Waals surface area contributed by atoms with Crippen molar-refractivity contribution in [1.82, 2.24) is 0 Å². The van der Waals surface area contributed by atoms with Crippen molar-refractivity contribution in [2.24, 2.45) is 0 Å². The van der Waals surface area contributed by atoms with Crippen LogP contribution in [0.25, 0.3) is 22.3 Å². The topological polar surface area (TPSA) is 349 Å². The highest BCUT2D eigenvalue weighted by Gasteiger charge is 2.51. The summed E-state index contributed by atoms with van der Waals surface area (Å²) in [5, 5.41) is 133. The van der Waals surface area contributed by atoms with Gasteiger partial charge < -0.3 is 99.2 Å². The Labute approximate surface area is 296 Å². The van der Waals surface area contributed by atoms with Crippen LogP contribution in [0.5, 0.6) is 23.0 Å². The second kappa shape index (κ2) is 15.5. The molecule has 21 heteroatoms. The minimum atomic E-state index is -2.07. The van der Waals surface area contributed by atoms with Crippen LogP contribution in [0.15, 0.2) is 45.6 Å². The third kappa shape index (κ3) is 7.64. The molecular weight excluding hydrogens is 720 g/mol. The molecule has 6 unspecified atom stereocenters. The maximum atomic E-state index is 13.8. The summed E-state index contributed by atoms with van der Waals surface area (Å²) in [6, 6.07) is 7.17. The van der Waals surface area contributed by atoms with Crippen LogP contribution in [0.3, 0.4) is 0 Å². The fraction of sp³-hybridized carbons (Fsp3) is 0.531. The van der Waals surface area contributed by atoms with Gasteiger partial charge in [0.25, 0.3) is 0 Å². The number of rotatable bonds is 9. The molecule has 4 heterocycles. The van der Waals surface area contributed by atoms with Crippen LogP contribution >= 0.6 is 0 Å².